The molecule has 2 heterocycles. The van der Waals surface area contributed by atoms with E-state index in [1.54, 1.807) is 0 Å². The minimum atomic E-state index is 0.531. The van der Waals surface area contributed by atoms with Gasteiger partial charge in [0.1, 0.15) is 5.15 Å². The van der Waals surface area contributed by atoms with Gasteiger partial charge in [0, 0.05) is 25.0 Å². The molecule has 1 fully saturated rings. The molecule has 0 bridgehead atoms. The number of hydrogen-bond acceptors (Lipinski definition) is 3. The molecule has 1 aliphatic heterocycles. The molecule has 2 aromatic rings. The lowest BCUT2D eigenvalue weighted by Gasteiger charge is -2.18. The Balaban J connectivity index is 1.83. The summed E-state index contributed by atoms with van der Waals surface area (Å²) in [4.78, 5) is 11.4. The average molecular weight is 332 g/mol. The van der Waals surface area contributed by atoms with Crippen molar-refractivity contribution in [2.75, 3.05) is 12.3 Å². The highest BCUT2D eigenvalue weighted by Gasteiger charge is 2.20. The summed E-state index contributed by atoms with van der Waals surface area (Å²) < 4.78 is 0. The van der Waals surface area contributed by atoms with Crippen LogP contribution >= 0.6 is 23.4 Å². The van der Waals surface area contributed by atoms with E-state index in [1.165, 1.54) is 11.1 Å². The predicted molar refractivity (Wildman–Crippen MR) is 95.1 cm³/mol. The van der Waals surface area contributed by atoms with Gasteiger partial charge in [0.05, 0.1) is 5.69 Å². The van der Waals surface area contributed by atoms with Crippen LogP contribution in [0.4, 0.5) is 5.69 Å². The first-order valence-corrected chi connectivity index (χ1v) is 8.63. The zero-order chi connectivity index (χ0) is 15.5. The Labute approximate surface area is 140 Å². The molecule has 1 aliphatic rings. The van der Waals surface area contributed by atoms with E-state index in [9.17, 15) is 0 Å². The molecule has 0 N–H and O–H groups in total. The van der Waals surface area contributed by atoms with Crippen LogP contribution in [0.15, 0.2) is 41.5 Å². The highest BCUT2D eigenvalue weighted by Crippen LogP contribution is 2.28. The predicted octanol–water partition coefficient (Wildman–Crippen LogP) is 4.59. The third-order valence-corrected chi connectivity index (χ3v) is 4.89. The fourth-order valence-electron chi connectivity index (χ4n) is 2.48. The molecule has 0 aliphatic carbocycles. The van der Waals surface area contributed by atoms with E-state index in [1.807, 2.05) is 30.1 Å². The molecule has 0 spiro atoms. The number of aliphatic imine (C=N–C) groups is 1. The first-order chi connectivity index (χ1) is 10.6. The van der Waals surface area contributed by atoms with Gasteiger partial charge in [-0.05, 0) is 36.6 Å². The van der Waals surface area contributed by atoms with E-state index >= 15 is 0 Å². The minimum absolute atomic E-state index is 0.531. The van der Waals surface area contributed by atoms with Crippen LogP contribution in [0.1, 0.15) is 16.7 Å². The topological polar surface area (TPSA) is 28.5 Å². The number of hydrogen-bond donors (Lipinski definition) is 0. The van der Waals surface area contributed by atoms with Gasteiger partial charge < -0.3 is 4.90 Å². The second-order valence-electron chi connectivity index (χ2n) is 5.39. The smallest absolute Gasteiger partial charge is 0.164 e. The monoisotopic (exact) mass is 331 g/mol. The third kappa shape index (κ3) is 3.45. The fraction of sp³-hybridized carbons (Fsp3) is 0.294. The number of aryl methyl sites for hydroxylation is 2. The molecule has 0 amide bonds. The Bertz CT molecular complexity index is 677. The summed E-state index contributed by atoms with van der Waals surface area (Å²) in [6.45, 7) is 6.05. The standard InChI is InChI=1S/C17H18ClN3S/c1-12-4-3-5-13(2)16(12)20-17-21(8-9-22-17)11-14-6-7-15(18)19-10-14/h3-7,10H,8-9,11H2,1-2H3. The van der Waals surface area contributed by atoms with Crippen LogP contribution in [-0.2, 0) is 6.54 Å². The largest absolute Gasteiger partial charge is 0.346 e. The summed E-state index contributed by atoms with van der Waals surface area (Å²) in [5.74, 6) is 1.07. The van der Waals surface area contributed by atoms with Crippen molar-refractivity contribution in [3.63, 3.8) is 0 Å². The molecular weight excluding hydrogens is 314 g/mol. The normalized spacial score (nSPS) is 16.5. The van der Waals surface area contributed by atoms with Crippen molar-refractivity contribution in [2.45, 2.75) is 20.4 Å². The summed E-state index contributed by atoms with van der Waals surface area (Å²) in [5, 5.41) is 1.62. The van der Waals surface area contributed by atoms with Crippen LogP contribution < -0.4 is 0 Å². The van der Waals surface area contributed by atoms with Gasteiger partial charge in [-0.2, -0.15) is 0 Å². The van der Waals surface area contributed by atoms with Gasteiger partial charge in [-0.3, -0.25) is 0 Å². The van der Waals surface area contributed by atoms with Gasteiger partial charge in [-0.25, -0.2) is 9.98 Å². The lowest BCUT2D eigenvalue weighted by molar-refractivity contribution is 0.456. The van der Waals surface area contributed by atoms with Crippen LogP contribution in [-0.4, -0.2) is 27.3 Å². The zero-order valence-electron chi connectivity index (χ0n) is 12.7. The molecule has 114 valence electrons. The SMILES string of the molecule is Cc1cccc(C)c1N=C1SCCN1Cc1ccc(Cl)nc1. The first kappa shape index (κ1) is 15.4. The molecular formula is C17H18ClN3S. The van der Waals surface area contributed by atoms with Crippen LogP contribution in [0.2, 0.25) is 5.15 Å². The van der Waals surface area contributed by atoms with E-state index in [-0.39, 0.29) is 0 Å². The summed E-state index contributed by atoms with van der Waals surface area (Å²) in [5.41, 5.74) is 4.67. The molecule has 3 rings (SSSR count). The number of rotatable bonds is 3. The first-order valence-electron chi connectivity index (χ1n) is 7.26. The molecule has 1 aromatic carbocycles. The Kier molecular flexibility index (Phi) is 4.69. The van der Waals surface area contributed by atoms with Crippen LogP contribution in [0.5, 0.6) is 0 Å². The van der Waals surface area contributed by atoms with Gasteiger partial charge in [0.2, 0.25) is 0 Å². The highest BCUT2D eigenvalue weighted by atomic mass is 35.5. The van der Waals surface area contributed by atoms with Crippen molar-refractivity contribution in [1.82, 2.24) is 9.88 Å². The maximum Gasteiger partial charge on any atom is 0.164 e. The molecule has 0 unspecified atom stereocenters. The lowest BCUT2D eigenvalue weighted by Crippen LogP contribution is -2.23. The number of thioether (sulfide) groups is 1. The number of benzene rings is 1. The molecule has 3 nitrogen and oxygen atoms in total. The Morgan fingerprint density at radius 1 is 1.23 bits per heavy atom. The Morgan fingerprint density at radius 3 is 2.68 bits per heavy atom. The van der Waals surface area contributed by atoms with Crippen LogP contribution in [0.3, 0.4) is 0 Å². The summed E-state index contributed by atoms with van der Waals surface area (Å²) in [7, 11) is 0. The summed E-state index contributed by atoms with van der Waals surface area (Å²) >= 11 is 7.66. The second-order valence-corrected chi connectivity index (χ2v) is 6.84. The van der Waals surface area contributed by atoms with Gasteiger partial charge in [-0.1, -0.05) is 47.6 Å². The van der Waals surface area contributed by atoms with E-state index in [2.05, 4.69) is 41.9 Å². The second kappa shape index (κ2) is 6.71. The average Bonchev–Trinajstić information content (AvgIpc) is 2.93. The Morgan fingerprint density at radius 2 is 2.00 bits per heavy atom. The van der Waals surface area contributed by atoms with E-state index in [0.717, 1.165) is 35.3 Å². The van der Waals surface area contributed by atoms with Crippen molar-refractivity contribution in [3.8, 4) is 0 Å². The van der Waals surface area contributed by atoms with Crippen molar-refractivity contribution in [2.24, 2.45) is 4.99 Å². The van der Waals surface area contributed by atoms with E-state index in [0.29, 0.717) is 5.15 Å². The molecule has 0 saturated carbocycles. The van der Waals surface area contributed by atoms with Gasteiger partial charge in [0.15, 0.2) is 5.17 Å². The molecule has 0 atom stereocenters. The maximum atomic E-state index is 5.85. The molecule has 0 radical (unpaired) electrons. The number of nitrogens with zero attached hydrogens (tertiary/aromatic N) is 3. The van der Waals surface area contributed by atoms with Crippen molar-refractivity contribution in [1.29, 1.82) is 0 Å². The van der Waals surface area contributed by atoms with Crippen molar-refractivity contribution >= 4 is 34.2 Å². The number of halogens is 1. The van der Waals surface area contributed by atoms with E-state index < -0.39 is 0 Å². The molecule has 5 heteroatoms. The van der Waals surface area contributed by atoms with Crippen LogP contribution in [0, 0.1) is 13.8 Å². The number of aromatic nitrogens is 1. The highest BCUT2D eigenvalue weighted by molar-refractivity contribution is 8.14. The quantitative estimate of drug-likeness (QED) is 0.770. The third-order valence-electron chi connectivity index (χ3n) is 3.67. The minimum Gasteiger partial charge on any atom is -0.346 e. The van der Waals surface area contributed by atoms with Gasteiger partial charge in [0.25, 0.3) is 0 Å². The number of para-hydroxylation sites is 1. The maximum absolute atomic E-state index is 5.85. The number of amidine groups is 1. The van der Waals surface area contributed by atoms with Gasteiger partial charge >= 0.3 is 0 Å². The number of pyridine rings is 1. The molecule has 1 aromatic heterocycles. The lowest BCUT2D eigenvalue weighted by atomic mass is 10.1. The molecule has 22 heavy (non-hydrogen) atoms. The molecule has 1 saturated heterocycles. The Hall–Kier alpha value is -1.52. The summed E-state index contributed by atoms with van der Waals surface area (Å²) in [6.07, 6.45) is 1.84. The van der Waals surface area contributed by atoms with Gasteiger partial charge in [-0.15, -0.1) is 0 Å². The van der Waals surface area contributed by atoms with E-state index in [4.69, 9.17) is 16.6 Å². The summed E-state index contributed by atoms with van der Waals surface area (Å²) in [6, 6.07) is 10.2. The zero-order valence-corrected chi connectivity index (χ0v) is 14.3. The van der Waals surface area contributed by atoms with Crippen molar-refractivity contribution < 1.29 is 0 Å². The van der Waals surface area contributed by atoms with Crippen molar-refractivity contribution in [3.05, 3.63) is 58.4 Å². The fourth-order valence-corrected chi connectivity index (χ4v) is 3.58. The van der Waals surface area contributed by atoms with Crippen LogP contribution in [0.25, 0.3) is 0 Å².